The van der Waals surface area contributed by atoms with Crippen molar-refractivity contribution < 1.29 is 0 Å². The Bertz CT molecular complexity index is 492. The number of para-hydroxylation sites is 2. The number of hydrogen-bond donors (Lipinski definition) is 2. The predicted octanol–water partition coefficient (Wildman–Crippen LogP) is 1.91. The third-order valence-corrected chi connectivity index (χ3v) is 3.37. The first-order valence-corrected chi connectivity index (χ1v) is 6.62. The van der Waals surface area contributed by atoms with Crippen LogP contribution >= 0.6 is 0 Å². The van der Waals surface area contributed by atoms with Crippen LogP contribution in [0.2, 0.25) is 0 Å². The van der Waals surface area contributed by atoms with E-state index >= 15 is 0 Å². The molecule has 1 aromatic carbocycles. The van der Waals surface area contributed by atoms with Crippen LogP contribution in [0.4, 0.5) is 5.69 Å². The molecule has 0 bridgehead atoms. The maximum Gasteiger partial charge on any atom is 0.0894 e. The highest BCUT2D eigenvalue weighted by Crippen LogP contribution is 2.20. The molecule has 102 valence electrons. The quantitative estimate of drug-likeness (QED) is 0.831. The van der Waals surface area contributed by atoms with Crippen LogP contribution in [0.25, 0.3) is 5.69 Å². The number of anilines is 1. The maximum atomic E-state index is 5.80. The Morgan fingerprint density at radius 1 is 1.32 bits per heavy atom. The topological polar surface area (TPSA) is 68.8 Å². The predicted molar refractivity (Wildman–Crippen MR) is 77.2 cm³/mol. The van der Waals surface area contributed by atoms with Crippen LogP contribution in [0, 0.1) is 11.8 Å². The summed E-state index contributed by atoms with van der Waals surface area (Å²) in [5.74, 6) is 1.03. The molecule has 1 atom stereocenters. The highest BCUT2D eigenvalue weighted by atomic mass is 15.4. The van der Waals surface area contributed by atoms with Gasteiger partial charge in [-0.05, 0) is 30.5 Å². The molecule has 0 aliphatic carbocycles. The summed E-state index contributed by atoms with van der Waals surface area (Å²) in [5, 5.41) is 11.3. The average Bonchev–Trinajstić information content (AvgIpc) is 2.93. The highest BCUT2D eigenvalue weighted by molar-refractivity contribution is 5.60. The van der Waals surface area contributed by atoms with E-state index < -0.39 is 0 Å². The van der Waals surface area contributed by atoms with Crippen LogP contribution in [0.15, 0.2) is 36.7 Å². The van der Waals surface area contributed by atoms with E-state index in [0.717, 1.165) is 17.9 Å². The van der Waals surface area contributed by atoms with Gasteiger partial charge in [-0.1, -0.05) is 31.2 Å². The largest absolute Gasteiger partial charge is 0.383 e. The van der Waals surface area contributed by atoms with Gasteiger partial charge in [-0.2, -0.15) is 0 Å². The molecule has 0 fully saturated rings. The van der Waals surface area contributed by atoms with Crippen molar-refractivity contribution in [1.29, 1.82) is 0 Å². The number of rotatable bonds is 6. The molecule has 0 aliphatic heterocycles. The molecule has 2 aromatic rings. The molecule has 5 heteroatoms. The first-order valence-electron chi connectivity index (χ1n) is 6.62. The zero-order valence-corrected chi connectivity index (χ0v) is 11.5. The molecule has 0 aliphatic rings. The summed E-state index contributed by atoms with van der Waals surface area (Å²) in [6, 6.07) is 8.06. The lowest BCUT2D eigenvalue weighted by Gasteiger charge is -2.21. The second kappa shape index (κ2) is 6.33. The van der Waals surface area contributed by atoms with Gasteiger partial charge in [0, 0.05) is 6.54 Å². The zero-order valence-electron chi connectivity index (χ0n) is 11.5. The third kappa shape index (κ3) is 3.32. The minimum Gasteiger partial charge on any atom is -0.383 e. The van der Waals surface area contributed by atoms with Crippen LogP contribution in [-0.2, 0) is 0 Å². The van der Waals surface area contributed by atoms with Gasteiger partial charge >= 0.3 is 0 Å². The smallest absolute Gasteiger partial charge is 0.0894 e. The molecule has 5 nitrogen and oxygen atoms in total. The number of nitrogens with one attached hydrogen (secondary N) is 1. The lowest BCUT2D eigenvalue weighted by molar-refractivity contribution is 0.413. The maximum absolute atomic E-state index is 5.80. The summed E-state index contributed by atoms with van der Waals surface area (Å²) in [4.78, 5) is 0. The summed E-state index contributed by atoms with van der Waals surface area (Å²) >= 11 is 0. The van der Waals surface area contributed by atoms with Crippen molar-refractivity contribution in [3.63, 3.8) is 0 Å². The highest BCUT2D eigenvalue weighted by Gasteiger charge is 2.12. The van der Waals surface area contributed by atoms with Gasteiger partial charge in [0.2, 0.25) is 0 Å². The molecule has 19 heavy (non-hydrogen) atoms. The Morgan fingerprint density at radius 2 is 2.11 bits per heavy atom. The molecular formula is C14H21N5. The van der Waals surface area contributed by atoms with Crippen LogP contribution < -0.4 is 11.1 Å². The van der Waals surface area contributed by atoms with Crippen molar-refractivity contribution in [3.8, 4) is 5.69 Å². The van der Waals surface area contributed by atoms with Crippen LogP contribution in [0.3, 0.4) is 0 Å². The van der Waals surface area contributed by atoms with E-state index in [1.54, 1.807) is 10.9 Å². The first-order chi connectivity index (χ1) is 9.22. The Kier molecular flexibility index (Phi) is 4.52. The number of nitrogens with two attached hydrogens (primary N) is 1. The van der Waals surface area contributed by atoms with Crippen LogP contribution in [-0.4, -0.2) is 28.1 Å². The van der Waals surface area contributed by atoms with E-state index in [0.29, 0.717) is 18.4 Å². The molecule has 3 N–H and O–H groups in total. The summed E-state index contributed by atoms with van der Waals surface area (Å²) in [6.07, 6.45) is 3.51. The minimum atomic E-state index is 0.462. The Morgan fingerprint density at radius 3 is 2.74 bits per heavy atom. The fraction of sp³-hybridized carbons (Fsp3) is 0.429. The number of aromatic nitrogens is 3. The normalized spacial score (nSPS) is 12.6. The molecule has 1 unspecified atom stereocenters. The zero-order chi connectivity index (χ0) is 13.7. The Labute approximate surface area is 113 Å². The van der Waals surface area contributed by atoms with Gasteiger partial charge in [-0.25, -0.2) is 4.68 Å². The molecule has 0 amide bonds. The monoisotopic (exact) mass is 259 g/mol. The minimum absolute atomic E-state index is 0.462. The third-order valence-electron chi connectivity index (χ3n) is 3.37. The summed E-state index contributed by atoms with van der Waals surface area (Å²) in [7, 11) is 0. The molecule has 0 saturated heterocycles. The van der Waals surface area contributed by atoms with Crippen molar-refractivity contribution in [2.45, 2.75) is 13.8 Å². The Hall–Kier alpha value is -1.88. The second-order valence-corrected chi connectivity index (χ2v) is 4.99. The lowest BCUT2D eigenvalue weighted by atomic mass is 9.96. The second-order valence-electron chi connectivity index (χ2n) is 4.99. The van der Waals surface area contributed by atoms with E-state index in [2.05, 4.69) is 29.5 Å². The molecular weight excluding hydrogens is 238 g/mol. The van der Waals surface area contributed by atoms with E-state index in [-0.39, 0.29) is 0 Å². The van der Waals surface area contributed by atoms with Crippen molar-refractivity contribution >= 4 is 5.69 Å². The van der Waals surface area contributed by atoms with Crippen LogP contribution in [0.1, 0.15) is 13.8 Å². The molecule has 0 radical (unpaired) electrons. The van der Waals surface area contributed by atoms with Gasteiger partial charge in [0.1, 0.15) is 0 Å². The van der Waals surface area contributed by atoms with Crippen molar-refractivity contribution in [1.82, 2.24) is 15.0 Å². The summed E-state index contributed by atoms with van der Waals surface area (Å²) < 4.78 is 1.76. The van der Waals surface area contributed by atoms with Gasteiger partial charge in [0.25, 0.3) is 0 Å². The molecule has 2 rings (SSSR count). The fourth-order valence-electron chi connectivity index (χ4n) is 1.99. The lowest BCUT2D eigenvalue weighted by Crippen LogP contribution is -2.27. The number of nitrogens with zero attached hydrogens (tertiary/aromatic N) is 3. The van der Waals surface area contributed by atoms with Gasteiger partial charge in [-0.3, -0.25) is 0 Å². The summed E-state index contributed by atoms with van der Waals surface area (Å²) in [6.45, 7) is 5.95. The fourth-order valence-corrected chi connectivity index (χ4v) is 1.99. The number of hydrogen-bond acceptors (Lipinski definition) is 4. The van der Waals surface area contributed by atoms with Crippen molar-refractivity contribution in [2.24, 2.45) is 17.6 Å². The first kappa shape index (κ1) is 13.5. The van der Waals surface area contributed by atoms with Gasteiger partial charge in [-0.15, -0.1) is 5.10 Å². The number of benzene rings is 1. The molecule has 1 heterocycles. The molecule has 1 aromatic heterocycles. The standard InChI is InChI=1S/C14H21N5/c1-11(2)12(9-15)10-16-13-5-3-4-6-14(13)19-8-7-17-18-19/h3-8,11-12,16H,9-10,15H2,1-2H3. The summed E-state index contributed by atoms with van der Waals surface area (Å²) in [5.41, 5.74) is 7.85. The molecule has 0 spiro atoms. The van der Waals surface area contributed by atoms with Crippen molar-refractivity contribution in [2.75, 3.05) is 18.4 Å². The van der Waals surface area contributed by atoms with Gasteiger partial charge in [0.05, 0.1) is 23.8 Å². The van der Waals surface area contributed by atoms with E-state index in [9.17, 15) is 0 Å². The molecule has 0 saturated carbocycles. The van der Waals surface area contributed by atoms with Gasteiger partial charge < -0.3 is 11.1 Å². The SMILES string of the molecule is CC(C)C(CN)CNc1ccccc1-n1ccnn1. The average molecular weight is 259 g/mol. The van der Waals surface area contributed by atoms with E-state index in [1.807, 2.05) is 30.5 Å². The van der Waals surface area contributed by atoms with Crippen LogP contribution in [0.5, 0.6) is 0 Å². The Balaban J connectivity index is 2.13. The van der Waals surface area contributed by atoms with Crippen molar-refractivity contribution in [3.05, 3.63) is 36.7 Å². The van der Waals surface area contributed by atoms with E-state index in [4.69, 9.17) is 5.73 Å². The van der Waals surface area contributed by atoms with E-state index in [1.165, 1.54) is 0 Å². The van der Waals surface area contributed by atoms with Gasteiger partial charge in [0.15, 0.2) is 0 Å².